The topological polar surface area (TPSA) is 42.9 Å². The second-order valence-corrected chi connectivity index (χ2v) is 6.11. The Labute approximate surface area is 145 Å². The molecule has 3 nitrogen and oxygen atoms in total. The molecule has 2 rings (SSSR count). The number of nitrogens with zero attached hydrogens (tertiary/aromatic N) is 2. The van der Waals surface area contributed by atoms with Gasteiger partial charge in [0.05, 0.1) is 10.0 Å². The van der Waals surface area contributed by atoms with Gasteiger partial charge in [0.2, 0.25) is 0 Å². The molecule has 0 unspecified atom stereocenters. The summed E-state index contributed by atoms with van der Waals surface area (Å²) in [6.07, 6.45) is 0.813. The predicted molar refractivity (Wildman–Crippen MR) is 84.2 cm³/mol. The summed E-state index contributed by atoms with van der Waals surface area (Å²) in [5, 5.41) is 0.346. The highest BCUT2D eigenvalue weighted by Crippen LogP contribution is 2.26. The van der Waals surface area contributed by atoms with Gasteiger partial charge in [-0.15, -0.1) is 0 Å². The van der Waals surface area contributed by atoms with E-state index in [9.17, 15) is 13.6 Å². The molecule has 0 fully saturated rings. The third-order valence-electron chi connectivity index (χ3n) is 1.99. The van der Waals surface area contributed by atoms with E-state index in [2.05, 4.69) is 41.8 Å². The Morgan fingerprint density at radius 1 is 1.05 bits per heavy atom. The van der Waals surface area contributed by atoms with Crippen molar-refractivity contribution < 1.29 is 13.6 Å². The van der Waals surface area contributed by atoms with Crippen LogP contribution < -0.4 is 0 Å². The first-order chi connectivity index (χ1) is 9.85. The maximum absolute atomic E-state index is 12.0. The third-order valence-corrected chi connectivity index (χ3v) is 3.46. The molecule has 0 saturated heterocycles. The molecule has 112 valence electrons. The van der Waals surface area contributed by atoms with Crippen molar-refractivity contribution in [3.8, 4) is 0 Å². The van der Waals surface area contributed by atoms with Gasteiger partial charge in [0.25, 0.3) is 6.43 Å². The molecule has 0 bridgehead atoms. The van der Waals surface area contributed by atoms with Gasteiger partial charge in [-0.05, 0) is 44.0 Å². The fourth-order valence-electron chi connectivity index (χ4n) is 1.10. The summed E-state index contributed by atoms with van der Waals surface area (Å²) >= 11 is 17.3. The zero-order valence-corrected chi connectivity index (χ0v) is 14.7. The summed E-state index contributed by atoms with van der Waals surface area (Å²) in [7, 11) is 0. The summed E-state index contributed by atoms with van der Waals surface area (Å²) in [5.74, 6) is 0. The van der Waals surface area contributed by atoms with E-state index in [1.807, 2.05) is 0 Å². The minimum atomic E-state index is -2.62. The second-order valence-electron chi connectivity index (χ2n) is 3.46. The van der Waals surface area contributed by atoms with Crippen LogP contribution in [-0.2, 0) is 0 Å². The van der Waals surface area contributed by atoms with Crippen LogP contribution in [0.2, 0.25) is 10.0 Å². The molecule has 0 radical (unpaired) electrons. The highest BCUT2D eigenvalue weighted by molar-refractivity contribution is 9.10. The van der Waals surface area contributed by atoms with Crippen molar-refractivity contribution in [1.82, 2.24) is 9.97 Å². The molecule has 21 heavy (non-hydrogen) atoms. The van der Waals surface area contributed by atoms with Gasteiger partial charge in [-0.2, -0.15) is 0 Å². The Balaban J connectivity index is 0.000000211. The first-order valence-electron chi connectivity index (χ1n) is 5.20. The molecule has 9 heteroatoms. The summed E-state index contributed by atoms with van der Waals surface area (Å²) < 4.78 is 25.4. The number of halogens is 6. The smallest absolute Gasteiger partial charge is 0.281 e. The third kappa shape index (κ3) is 5.94. The Kier molecular flexibility index (Phi) is 7.65. The van der Waals surface area contributed by atoms with E-state index in [0.717, 1.165) is 4.47 Å². The van der Waals surface area contributed by atoms with Crippen LogP contribution in [-0.4, -0.2) is 16.3 Å². The van der Waals surface area contributed by atoms with Crippen molar-refractivity contribution in [3.63, 3.8) is 0 Å². The molecule has 0 aliphatic heterocycles. The van der Waals surface area contributed by atoms with E-state index in [1.54, 1.807) is 6.07 Å². The lowest BCUT2D eigenvalue weighted by molar-refractivity contribution is 0.111. The van der Waals surface area contributed by atoms with Gasteiger partial charge in [0.1, 0.15) is 11.4 Å². The number of carbonyl (C=O) groups is 1. The van der Waals surface area contributed by atoms with Crippen molar-refractivity contribution >= 4 is 61.3 Å². The van der Waals surface area contributed by atoms with E-state index in [4.69, 9.17) is 23.2 Å². The standard InChI is InChI=1S/C6H3BrClF2N.C6H3BrClNO/c7-3-1-4(8)5(6(9)10)11-2-3;7-4-1-5(8)6(3-10)9-2-4/h1-2,6H;1-3H. The molecule has 2 aromatic heterocycles. The Morgan fingerprint density at radius 2 is 1.57 bits per heavy atom. The summed E-state index contributed by atoms with van der Waals surface area (Å²) in [6.45, 7) is 0. The zero-order chi connectivity index (χ0) is 16.0. The Bertz CT molecular complexity index is 645. The van der Waals surface area contributed by atoms with Crippen LogP contribution in [0, 0.1) is 0 Å². The van der Waals surface area contributed by atoms with Gasteiger partial charge in [-0.3, -0.25) is 14.8 Å². The molecule has 0 N–H and O–H groups in total. The van der Waals surface area contributed by atoms with Gasteiger partial charge in [-0.1, -0.05) is 23.2 Å². The second kappa shape index (κ2) is 8.73. The van der Waals surface area contributed by atoms with E-state index >= 15 is 0 Å². The van der Waals surface area contributed by atoms with Crippen molar-refractivity contribution in [2.75, 3.05) is 0 Å². The van der Waals surface area contributed by atoms with E-state index < -0.39 is 6.43 Å². The van der Waals surface area contributed by atoms with Gasteiger partial charge in [0.15, 0.2) is 6.29 Å². The van der Waals surface area contributed by atoms with Crippen LogP contribution in [0.15, 0.2) is 33.5 Å². The number of aromatic nitrogens is 2. The summed E-state index contributed by atoms with van der Waals surface area (Å²) in [6, 6.07) is 3.01. The monoisotopic (exact) mass is 460 g/mol. The molecule has 2 aromatic rings. The largest absolute Gasteiger partial charge is 0.296 e. The average molecular weight is 463 g/mol. The highest BCUT2D eigenvalue weighted by Gasteiger charge is 2.12. The molecule has 0 saturated carbocycles. The van der Waals surface area contributed by atoms with E-state index in [0.29, 0.717) is 15.8 Å². The minimum absolute atomic E-state index is 0.0191. The van der Waals surface area contributed by atoms with Crippen LogP contribution in [0.4, 0.5) is 8.78 Å². The Hall–Kier alpha value is -0.630. The molecular weight excluding hydrogens is 457 g/mol. The molecule has 0 aromatic carbocycles. The molecule has 0 spiro atoms. The first-order valence-corrected chi connectivity index (χ1v) is 7.54. The van der Waals surface area contributed by atoms with E-state index in [-0.39, 0.29) is 16.4 Å². The highest BCUT2D eigenvalue weighted by atomic mass is 79.9. The fourth-order valence-corrected chi connectivity index (χ4v) is 2.48. The van der Waals surface area contributed by atoms with Crippen molar-refractivity contribution in [3.05, 3.63) is 54.9 Å². The minimum Gasteiger partial charge on any atom is -0.296 e. The first kappa shape index (κ1) is 18.4. The van der Waals surface area contributed by atoms with E-state index in [1.165, 1.54) is 18.5 Å². The number of hydrogen-bond acceptors (Lipinski definition) is 3. The summed E-state index contributed by atoms with van der Waals surface area (Å²) in [5.41, 5.74) is -0.111. The normalized spacial score (nSPS) is 10.0. The van der Waals surface area contributed by atoms with Crippen LogP contribution in [0.1, 0.15) is 22.6 Å². The van der Waals surface area contributed by atoms with Crippen molar-refractivity contribution in [1.29, 1.82) is 0 Å². The molecule has 0 amide bonds. The van der Waals surface area contributed by atoms with Gasteiger partial charge in [0, 0.05) is 21.3 Å². The molecule has 0 aliphatic carbocycles. The van der Waals surface area contributed by atoms with Gasteiger partial charge < -0.3 is 0 Å². The molecule has 2 heterocycles. The molecular formula is C12H6Br2Cl2F2N2O. The predicted octanol–water partition coefficient (Wildman–Crippen LogP) is 5.75. The van der Waals surface area contributed by atoms with Crippen molar-refractivity contribution in [2.45, 2.75) is 6.43 Å². The molecule has 0 aliphatic rings. The fraction of sp³-hybridized carbons (Fsp3) is 0.0833. The number of rotatable bonds is 2. The molecule has 0 atom stereocenters. The number of aldehydes is 1. The van der Waals surface area contributed by atoms with Crippen LogP contribution >= 0.6 is 55.1 Å². The number of hydrogen-bond donors (Lipinski definition) is 0. The van der Waals surface area contributed by atoms with Crippen LogP contribution in [0.25, 0.3) is 0 Å². The lowest BCUT2D eigenvalue weighted by atomic mass is 10.4. The lowest BCUT2D eigenvalue weighted by Crippen LogP contribution is -1.90. The van der Waals surface area contributed by atoms with Crippen LogP contribution in [0.3, 0.4) is 0 Å². The number of alkyl halides is 2. The van der Waals surface area contributed by atoms with Crippen LogP contribution in [0.5, 0.6) is 0 Å². The van der Waals surface area contributed by atoms with Gasteiger partial charge >= 0.3 is 0 Å². The zero-order valence-electron chi connectivity index (χ0n) is 10.0. The Morgan fingerprint density at radius 3 is 2.00 bits per heavy atom. The lowest BCUT2D eigenvalue weighted by Gasteiger charge is -2.00. The SMILES string of the molecule is FC(F)c1ncc(Br)cc1Cl.O=Cc1ncc(Br)cc1Cl. The maximum Gasteiger partial charge on any atom is 0.281 e. The summed E-state index contributed by atoms with van der Waals surface area (Å²) in [4.78, 5) is 17.4. The quantitative estimate of drug-likeness (QED) is 0.534. The maximum atomic E-state index is 12.0. The number of carbonyl (C=O) groups excluding carboxylic acids is 1. The average Bonchev–Trinajstić information content (AvgIpc) is 2.39. The van der Waals surface area contributed by atoms with Gasteiger partial charge in [-0.25, -0.2) is 8.78 Å². The number of pyridine rings is 2. The van der Waals surface area contributed by atoms with Crippen molar-refractivity contribution in [2.24, 2.45) is 0 Å².